The maximum absolute atomic E-state index is 12.3. The van der Waals surface area contributed by atoms with Gasteiger partial charge in [0.15, 0.2) is 23.9 Å². The summed E-state index contributed by atoms with van der Waals surface area (Å²) >= 11 is 0. The molecule has 30 heavy (non-hydrogen) atoms. The van der Waals surface area contributed by atoms with E-state index >= 15 is 0 Å². The number of ether oxygens (including phenoxy) is 2. The average molecular weight is 401 g/mol. The quantitative estimate of drug-likeness (QED) is 0.430. The van der Waals surface area contributed by atoms with Crippen molar-refractivity contribution >= 4 is 23.5 Å². The smallest absolute Gasteiger partial charge is 0.262 e. The van der Waals surface area contributed by atoms with Gasteiger partial charge in [0, 0.05) is 11.3 Å². The summed E-state index contributed by atoms with van der Waals surface area (Å²) in [5.41, 5.74) is 3.23. The summed E-state index contributed by atoms with van der Waals surface area (Å²) in [5.74, 6) is 0.581. The molecule has 0 aliphatic heterocycles. The van der Waals surface area contributed by atoms with Crippen molar-refractivity contribution in [3.8, 4) is 11.5 Å². The summed E-state index contributed by atoms with van der Waals surface area (Å²) < 4.78 is 11.0. The van der Waals surface area contributed by atoms with Crippen molar-refractivity contribution in [3.63, 3.8) is 0 Å². The molecule has 0 aliphatic rings. The number of hydrogen-bond acceptors (Lipinski definition) is 4. The van der Waals surface area contributed by atoms with Crippen molar-refractivity contribution in [2.45, 2.75) is 6.92 Å². The zero-order chi connectivity index (χ0) is 21.3. The Morgan fingerprint density at radius 2 is 1.67 bits per heavy atom. The maximum atomic E-state index is 12.3. The summed E-state index contributed by atoms with van der Waals surface area (Å²) in [5, 5.41) is 2.76. The van der Waals surface area contributed by atoms with Crippen molar-refractivity contribution in [2.24, 2.45) is 0 Å². The lowest BCUT2D eigenvalue weighted by Crippen LogP contribution is -2.20. The predicted molar refractivity (Wildman–Crippen MR) is 118 cm³/mol. The molecule has 0 fully saturated rings. The van der Waals surface area contributed by atoms with Gasteiger partial charge in [-0.25, -0.2) is 0 Å². The molecule has 152 valence electrons. The van der Waals surface area contributed by atoms with Crippen molar-refractivity contribution in [1.82, 2.24) is 0 Å². The SMILES string of the molecule is COc1cc(/C=C/C(=O)c2ccc(C)cc2)ccc1OCC(=O)Nc1ccccc1. The standard InChI is InChI=1S/C25H23NO4/c1-18-8-12-20(13-9-18)22(27)14-10-19-11-15-23(24(16-19)29-2)30-17-25(28)26-21-6-4-3-5-7-21/h3-16H,17H2,1-2H3,(H,26,28)/b14-10+. The van der Waals surface area contributed by atoms with Crippen LogP contribution in [0.4, 0.5) is 5.69 Å². The first-order valence-corrected chi connectivity index (χ1v) is 9.50. The zero-order valence-electron chi connectivity index (χ0n) is 16.9. The Kier molecular flexibility index (Phi) is 7.00. The highest BCUT2D eigenvalue weighted by molar-refractivity contribution is 6.06. The van der Waals surface area contributed by atoms with Gasteiger partial charge in [-0.15, -0.1) is 0 Å². The molecule has 3 aromatic carbocycles. The number of carbonyl (C=O) groups excluding carboxylic acids is 2. The van der Waals surface area contributed by atoms with Crippen molar-refractivity contribution in [2.75, 3.05) is 19.0 Å². The van der Waals surface area contributed by atoms with E-state index in [0.717, 1.165) is 11.1 Å². The van der Waals surface area contributed by atoms with Gasteiger partial charge in [-0.05, 0) is 42.8 Å². The topological polar surface area (TPSA) is 64.6 Å². The minimum Gasteiger partial charge on any atom is -0.493 e. The molecule has 0 radical (unpaired) electrons. The van der Waals surface area contributed by atoms with Crippen LogP contribution >= 0.6 is 0 Å². The number of carbonyl (C=O) groups is 2. The molecular weight excluding hydrogens is 378 g/mol. The van der Waals surface area contributed by atoms with E-state index < -0.39 is 0 Å². The Balaban J connectivity index is 1.62. The molecule has 3 rings (SSSR count). The molecule has 1 N–H and O–H groups in total. The molecule has 0 aliphatic carbocycles. The Morgan fingerprint density at radius 1 is 0.933 bits per heavy atom. The van der Waals surface area contributed by atoms with Gasteiger partial charge in [0.05, 0.1) is 7.11 Å². The summed E-state index contributed by atoms with van der Waals surface area (Å²) in [6.45, 7) is 1.83. The third-order valence-corrected chi connectivity index (χ3v) is 4.37. The first-order valence-electron chi connectivity index (χ1n) is 9.50. The third kappa shape index (κ3) is 5.82. The maximum Gasteiger partial charge on any atom is 0.262 e. The zero-order valence-corrected chi connectivity index (χ0v) is 16.9. The van der Waals surface area contributed by atoms with Crippen LogP contribution in [0.15, 0.2) is 78.9 Å². The lowest BCUT2D eigenvalue weighted by Gasteiger charge is -2.11. The van der Waals surface area contributed by atoms with Crippen LogP contribution < -0.4 is 14.8 Å². The monoisotopic (exact) mass is 401 g/mol. The molecule has 0 bridgehead atoms. The molecule has 1 amide bonds. The van der Waals surface area contributed by atoms with Gasteiger partial charge in [-0.2, -0.15) is 0 Å². The van der Waals surface area contributed by atoms with Gasteiger partial charge in [0.2, 0.25) is 0 Å². The van der Waals surface area contributed by atoms with E-state index in [9.17, 15) is 9.59 Å². The third-order valence-electron chi connectivity index (χ3n) is 4.37. The van der Waals surface area contributed by atoms with E-state index in [1.807, 2.05) is 37.3 Å². The lowest BCUT2D eigenvalue weighted by molar-refractivity contribution is -0.118. The second-order valence-electron chi connectivity index (χ2n) is 6.68. The van der Waals surface area contributed by atoms with Crippen molar-refractivity contribution < 1.29 is 19.1 Å². The Hall–Kier alpha value is -3.86. The Labute approximate surface area is 176 Å². The molecule has 3 aromatic rings. The molecule has 5 nitrogen and oxygen atoms in total. The van der Waals surface area contributed by atoms with Crippen LogP contribution in [0.5, 0.6) is 11.5 Å². The highest BCUT2D eigenvalue weighted by atomic mass is 16.5. The molecule has 0 saturated carbocycles. The van der Waals surface area contributed by atoms with Crippen LogP contribution in [0.25, 0.3) is 6.08 Å². The van der Waals surface area contributed by atoms with Gasteiger partial charge < -0.3 is 14.8 Å². The first-order chi connectivity index (χ1) is 14.5. The number of allylic oxidation sites excluding steroid dienone is 1. The minimum absolute atomic E-state index is 0.0770. The number of aryl methyl sites for hydroxylation is 1. The van der Waals surface area contributed by atoms with Crippen LogP contribution in [-0.4, -0.2) is 25.4 Å². The van der Waals surface area contributed by atoms with Gasteiger partial charge in [-0.1, -0.05) is 60.2 Å². The normalized spacial score (nSPS) is 10.6. The number of hydrogen-bond donors (Lipinski definition) is 1. The molecule has 0 heterocycles. The van der Waals surface area contributed by atoms with Crippen LogP contribution in [-0.2, 0) is 4.79 Å². The highest BCUT2D eigenvalue weighted by Gasteiger charge is 2.09. The van der Waals surface area contributed by atoms with E-state index in [1.54, 1.807) is 48.5 Å². The van der Waals surface area contributed by atoms with E-state index in [0.29, 0.717) is 22.7 Å². The van der Waals surface area contributed by atoms with Gasteiger partial charge in [0.25, 0.3) is 5.91 Å². The summed E-state index contributed by atoms with van der Waals surface area (Å²) in [6, 6.07) is 21.9. The fraction of sp³-hybridized carbons (Fsp3) is 0.120. The number of methoxy groups -OCH3 is 1. The molecule has 0 spiro atoms. The van der Waals surface area contributed by atoms with E-state index in [4.69, 9.17) is 9.47 Å². The number of rotatable bonds is 8. The number of nitrogens with one attached hydrogen (secondary N) is 1. The van der Waals surface area contributed by atoms with E-state index in [1.165, 1.54) is 13.2 Å². The number of para-hydroxylation sites is 1. The van der Waals surface area contributed by atoms with E-state index in [2.05, 4.69) is 5.32 Å². The number of anilines is 1. The summed E-state index contributed by atoms with van der Waals surface area (Å²) in [7, 11) is 1.52. The molecule has 0 atom stereocenters. The lowest BCUT2D eigenvalue weighted by atomic mass is 10.1. The second-order valence-corrected chi connectivity index (χ2v) is 6.68. The molecule has 5 heteroatoms. The molecular formula is C25H23NO4. The van der Waals surface area contributed by atoms with Crippen LogP contribution in [0, 0.1) is 6.92 Å². The summed E-state index contributed by atoms with van der Waals surface area (Å²) in [6.07, 6.45) is 3.24. The van der Waals surface area contributed by atoms with Gasteiger partial charge >= 0.3 is 0 Å². The Bertz CT molecular complexity index is 1040. The minimum atomic E-state index is -0.268. The first kappa shape index (κ1) is 20.9. The largest absolute Gasteiger partial charge is 0.493 e. The second kappa shape index (κ2) is 10.1. The molecule has 0 saturated heterocycles. The van der Waals surface area contributed by atoms with Crippen molar-refractivity contribution in [1.29, 1.82) is 0 Å². The number of amides is 1. The molecule has 0 aromatic heterocycles. The van der Waals surface area contributed by atoms with Crippen LogP contribution in [0.3, 0.4) is 0 Å². The fourth-order valence-corrected chi connectivity index (χ4v) is 2.75. The van der Waals surface area contributed by atoms with Crippen LogP contribution in [0.2, 0.25) is 0 Å². The summed E-state index contributed by atoms with van der Waals surface area (Å²) in [4.78, 5) is 24.4. The predicted octanol–water partition coefficient (Wildman–Crippen LogP) is 4.92. The average Bonchev–Trinajstić information content (AvgIpc) is 2.77. The molecule has 0 unspecified atom stereocenters. The number of ketones is 1. The van der Waals surface area contributed by atoms with Gasteiger partial charge in [0.1, 0.15) is 0 Å². The Morgan fingerprint density at radius 3 is 2.37 bits per heavy atom. The van der Waals surface area contributed by atoms with Crippen LogP contribution in [0.1, 0.15) is 21.5 Å². The van der Waals surface area contributed by atoms with Gasteiger partial charge in [-0.3, -0.25) is 9.59 Å². The number of benzene rings is 3. The van der Waals surface area contributed by atoms with E-state index in [-0.39, 0.29) is 18.3 Å². The highest BCUT2D eigenvalue weighted by Crippen LogP contribution is 2.28. The van der Waals surface area contributed by atoms with Crippen molar-refractivity contribution in [3.05, 3.63) is 95.6 Å². The fourth-order valence-electron chi connectivity index (χ4n) is 2.75.